The summed E-state index contributed by atoms with van der Waals surface area (Å²) in [7, 11) is 0. The number of aliphatic hydroxyl groups excluding tert-OH is 11. The van der Waals surface area contributed by atoms with Crippen molar-refractivity contribution in [3.05, 3.63) is 24.3 Å². The molecule has 476 valence electrons. The SMILES string of the molecule is CCCCCCCC/C=C\CCCCCCCCCCCCCCCC(=O)N[C@@H](CO[C@@H]1OC(CO)[C@@H](O[C@@H]2OC(CO)[C@@H](O)[C@H](O[C@H]3OC(CO)[C@@H](O)[C@H](O)C3O)C2O)[C@H](O)C1O)[C@H](O)/C=C/CCCCCCCCCCCCC. The van der Waals surface area contributed by atoms with Gasteiger partial charge in [0, 0.05) is 6.42 Å². The summed E-state index contributed by atoms with van der Waals surface area (Å²) < 4.78 is 34.3. The summed E-state index contributed by atoms with van der Waals surface area (Å²) in [4.78, 5) is 13.4. The second kappa shape index (κ2) is 45.6. The van der Waals surface area contributed by atoms with Crippen molar-refractivity contribution >= 4 is 5.91 Å². The van der Waals surface area contributed by atoms with Crippen LogP contribution in [0.1, 0.15) is 232 Å². The molecule has 0 aliphatic carbocycles. The summed E-state index contributed by atoms with van der Waals surface area (Å²) >= 11 is 0. The maximum atomic E-state index is 13.4. The molecule has 0 radical (unpaired) electrons. The predicted molar refractivity (Wildman–Crippen MR) is 310 cm³/mol. The molecule has 3 aliphatic rings. The molecule has 12 N–H and O–H groups in total. The van der Waals surface area contributed by atoms with Crippen molar-refractivity contribution < 1.29 is 89.4 Å². The first kappa shape index (κ1) is 73.5. The van der Waals surface area contributed by atoms with E-state index in [1.807, 2.05) is 6.08 Å². The highest BCUT2D eigenvalue weighted by molar-refractivity contribution is 5.76. The quantitative estimate of drug-likeness (QED) is 0.0222. The third-order valence-corrected chi connectivity index (χ3v) is 16.2. The lowest BCUT2D eigenvalue weighted by Gasteiger charge is -2.48. The van der Waals surface area contributed by atoms with Gasteiger partial charge in [-0.05, 0) is 44.9 Å². The molecule has 0 bridgehead atoms. The average molecular weight is 1160 g/mol. The number of nitrogens with one attached hydrogen (secondary N) is 1. The van der Waals surface area contributed by atoms with Crippen molar-refractivity contribution in [2.75, 3.05) is 26.4 Å². The van der Waals surface area contributed by atoms with E-state index < -0.39 is 124 Å². The van der Waals surface area contributed by atoms with E-state index in [-0.39, 0.29) is 18.9 Å². The molecule has 0 saturated carbocycles. The van der Waals surface area contributed by atoms with Crippen molar-refractivity contribution in [1.29, 1.82) is 0 Å². The first-order valence-corrected chi connectivity index (χ1v) is 32.1. The van der Waals surface area contributed by atoms with Gasteiger partial charge < -0.3 is 89.9 Å². The number of carbonyl (C=O) groups is 1. The lowest BCUT2D eigenvalue weighted by Crippen LogP contribution is -2.67. The monoisotopic (exact) mass is 1160 g/mol. The first-order valence-electron chi connectivity index (χ1n) is 32.1. The number of allylic oxidation sites excluding steroid dienone is 3. The van der Waals surface area contributed by atoms with E-state index in [1.165, 1.54) is 161 Å². The van der Waals surface area contributed by atoms with Crippen LogP contribution < -0.4 is 5.32 Å². The molecule has 19 heteroatoms. The predicted octanol–water partition coefficient (Wildman–Crippen LogP) is 6.71. The molecule has 3 fully saturated rings. The van der Waals surface area contributed by atoms with Crippen LogP contribution in [-0.4, -0.2) is 193 Å². The number of hydrogen-bond donors (Lipinski definition) is 12. The van der Waals surface area contributed by atoms with Gasteiger partial charge in [-0.2, -0.15) is 0 Å². The highest BCUT2D eigenvalue weighted by Gasteiger charge is 2.54. The largest absolute Gasteiger partial charge is 0.394 e. The fraction of sp³-hybridized carbons (Fsp3) is 0.919. The van der Waals surface area contributed by atoms with Crippen LogP contribution in [0, 0.1) is 0 Å². The molecule has 3 heterocycles. The summed E-state index contributed by atoms with van der Waals surface area (Å²) in [5, 5.41) is 120. The first-order chi connectivity index (χ1) is 39.3. The van der Waals surface area contributed by atoms with Crippen LogP contribution in [0.25, 0.3) is 0 Å². The third-order valence-electron chi connectivity index (χ3n) is 16.2. The third kappa shape index (κ3) is 29.0. The molecular weight excluding hydrogens is 1050 g/mol. The smallest absolute Gasteiger partial charge is 0.220 e. The van der Waals surface area contributed by atoms with Crippen LogP contribution in [0.3, 0.4) is 0 Å². The number of unbranched alkanes of at least 4 members (excludes halogenated alkanes) is 30. The molecule has 17 atom stereocenters. The van der Waals surface area contributed by atoms with Crippen molar-refractivity contribution in [3.8, 4) is 0 Å². The van der Waals surface area contributed by atoms with Gasteiger partial charge in [-0.15, -0.1) is 0 Å². The number of aliphatic hydroxyl groups is 11. The Morgan fingerprint density at radius 2 is 0.815 bits per heavy atom. The Kier molecular flexibility index (Phi) is 41.4. The van der Waals surface area contributed by atoms with Gasteiger partial charge in [0.15, 0.2) is 18.9 Å². The van der Waals surface area contributed by atoms with E-state index in [0.717, 1.165) is 44.9 Å². The molecule has 19 nitrogen and oxygen atoms in total. The van der Waals surface area contributed by atoms with Gasteiger partial charge in [0.05, 0.1) is 38.6 Å². The van der Waals surface area contributed by atoms with Gasteiger partial charge in [-0.3, -0.25) is 4.79 Å². The summed E-state index contributed by atoms with van der Waals surface area (Å²) in [6.45, 7) is 1.69. The van der Waals surface area contributed by atoms with Gasteiger partial charge in [0.2, 0.25) is 5.91 Å². The Morgan fingerprint density at radius 1 is 0.432 bits per heavy atom. The van der Waals surface area contributed by atoms with Gasteiger partial charge >= 0.3 is 0 Å². The van der Waals surface area contributed by atoms with E-state index >= 15 is 0 Å². The number of hydrogen-bond acceptors (Lipinski definition) is 18. The zero-order valence-corrected chi connectivity index (χ0v) is 49.8. The Morgan fingerprint density at radius 3 is 1.28 bits per heavy atom. The molecule has 0 aromatic carbocycles. The van der Waals surface area contributed by atoms with Crippen molar-refractivity contribution in [1.82, 2.24) is 5.32 Å². The highest BCUT2D eigenvalue weighted by atomic mass is 16.8. The number of rotatable bonds is 48. The summed E-state index contributed by atoms with van der Waals surface area (Å²) in [5.74, 6) is -0.278. The van der Waals surface area contributed by atoms with Crippen LogP contribution in [0.4, 0.5) is 0 Å². The van der Waals surface area contributed by atoms with Crippen LogP contribution in [-0.2, 0) is 33.2 Å². The van der Waals surface area contributed by atoms with Crippen LogP contribution in [0.5, 0.6) is 0 Å². The molecule has 3 aliphatic heterocycles. The molecule has 1 amide bonds. The number of amides is 1. The molecule has 81 heavy (non-hydrogen) atoms. The lowest BCUT2D eigenvalue weighted by atomic mass is 9.96. The molecular formula is C62H115NO18. The fourth-order valence-corrected chi connectivity index (χ4v) is 10.9. The van der Waals surface area contributed by atoms with Gasteiger partial charge in [0.1, 0.15) is 73.2 Å². The number of carbonyl (C=O) groups excluding carboxylic acids is 1. The summed E-state index contributed by atoms with van der Waals surface area (Å²) in [6, 6.07) is -0.976. The highest BCUT2D eigenvalue weighted by Crippen LogP contribution is 2.33. The van der Waals surface area contributed by atoms with E-state index in [9.17, 15) is 61.0 Å². The van der Waals surface area contributed by atoms with Crippen molar-refractivity contribution in [2.24, 2.45) is 0 Å². The van der Waals surface area contributed by atoms with Gasteiger partial charge in [-0.1, -0.05) is 205 Å². The van der Waals surface area contributed by atoms with E-state index in [0.29, 0.717) is 6.42 Å². The zero-order chi connectivity index (χ0) is 59.0. The maximum Gasteiger partial charge on any atom is 0.220 e. The minimum atomic E-state index is -1.97. The molecule has 0 spiro atoms. The Hall–Kier alpha value is -1.73. The van der Waals surface area contributed by atoms with Crippen LogP contribution in [0.2, 0.25) is 0 Å². The standard InChI is InChI=1S/C62H115NO18/c1-3-5-7-9-11-13-15-17-18-19-20-21-22-23-24-25-26-28-30-32-34-36-38-40-50(68)63-45(46(67)39-37-35-33-31-29-27-16-14-12-10-8-6-4-2)44-76-60-56(74)54(72)58(49(43-66)79-60)80-62-57(75)59(52(70)48(42-65)78-62)81-61-55(73)53(71)51(69)47(41-64)77-61/h17-18,37,39,45-49,51-62,64-67,69-75H,3-16,19-36,38,40-44H2,1-2H3,(H,63,68)/b18-17-,39-37+/t45-,46+,47?,48?,49?,51+,52+,53-,54+,55?,56?,57?,58+,59-,60+,61+,62-/m0/s1. The number of ether oxygens (including phenoxy) is 6. The molecule has 0 aromatic heterocycles. The Labute approximate surface area is 486 Å². The molecule has 6 unspecified atom stereocenters. The molecule has 3 saturated heterocycles. The minimum absolute atomic E-state index is 0.242. The van der Waals surface area contributed by atoms with E-state index in [4.69, 9.17) is 28.4 Å². The average Bonchev–Trinajstić information content (AvgIpc) is 3.47. The van der Waals surface area contributed by atoms with Crippen molar-refractivity contribution in [3.63, 3.8) is 0 Å². The topological polar surface area (TPSA) is 307 Å². The second-order valence-electron chi connectivity index (χ2n) is 23.2. The maximum absolute atomic E-state index is 13.4. The zero-order valence-electron chi connectivity index (χ0n) is 49.8. The van der Waals surface area contributed by atoms with E-state index in [1.54, 1.807) is 6.08 Å². The second-order valence-corrected chi connectivity index (χ2v) is 23.2. The summed E-state index contributed by atoms with van der Waals surface area (Å²) in [5.41, 5.74) is 0. The van der Waals surface area contributed by atoms with Crippen LogP contribution in [0.15, 0.2) is 24.3 Å². The van der Waals surface area contributed by atoms with Gasteiger partial charge in [0.25, 0.3) is 0 Å². The normalized spacial score (nSPS) is 29.9. The van der Waals surface area contributed by atoms with E-state index in [2.05, 4.69) is 31.3 Å². The van der Waals surface area contributed by atoms with Gasteiger partial charge in [-0.25, -0.2) is 0 Å². The molecule has 0 aromatic rings. The van der Waals surface area contributed by atoms with Crippen LogP contribution >= 0.6 is 0 Å². The lowest BCUT2D eigenvalue weighted by molar-refractivity contribution is -0.380. The summed E-state index contributed by atoms with van der Waals surface area (Å²) in [6.07, 6.45) is 21.2. The fourth-order valence-electron chi connectivity index (χ4n) is 10.9. The minimum Gasteiger partial charge on any atom is -0.394 e. The van der Waals surface area contributed by atoms with Crippen molar-refractivity contribution in [2.45, 2.75) is 336 Å². The Balaban J connectivity index is 1.47. The molecule has 3 rings (SSSR count). The Bertz CT molecular complexity index is 1580.